The average molecular weight is 370 g/mol. The number of likely N-dealkylation sites (tertiary alicyclic amines) is 1. The van der Waals surface area contributed by atoms with Crippen LogP contribution in [0.4, 0.5) is 4.79 Å². The molecule has 0 unspecified atom stereocenters. The Morgan fingerprint density at radius 2 is 1.96 bits per heavy atom. The molecule has 0 radical (unpaired) electrons. The summed E-state index contributed by atoms with van der Waals surface area (Å²) >= 11 is 0. The molecule has 4 rings (SSSR count). The van der Waals surface area contributed by atoms with Crippen molar-refractivity contribution in [2.75, 3.05) is 26.2 Å². The van der Waals surface area contributed by atoms with Crippen molar-refractivity contribution in [3.05, 3.63) is 40.9 Å². The van der Waals surface area contributed by atoms with Gasteiger partial charge in [0.05, 0.1) is 17.2 Å². The summed E-state index contributed by atoms with van der Waals surface area (Å²) < 4.78 is 6.11. The van der Waals surface area contributed by atoms with E-state index in [1.54, 1.807) is 23.1 Å². The van der Waals surface area contributed by atoms with Crippen LogP contribution in [-0.4, -0.2) is 63.5 Å². The predicted octanol–water partition coefficient (Wildman–Crippen LogP) is 0.224. The highest BCUT2D eigenvalue weighted by atomic mass is 16.6. The number of para-hydroxylation sites is 1. The van der Waals surface area contributed by atoms with E-state index >= 15 is 0 Å². The first-order chi connectivity index (χ1) is 13.0. The lowest BCUT2D eigenvalue weighted by Gasteiger charge is -2.40. The van der Waals surface area contributed by atoms with Crippen molar-refractivity contribution in [1.82, 2.24) is 19.4 Å². The van der Waals surface area contributed by atoms with Crippen molar-refractivity contribution in [1.29, 1.82) is 0 Å². The van der Waals surface area contributed by atoms with E-state index in [-0.39, 0.29) is 49.4 Å². The van der Waals surface area contributed by atoms with Gasteiger partial charge in [-0.1, -0.05) is 12.1 Å². The highest BCUT2D eigenvalue weighted by Crippen LogP contribution is 2.20. The number of fused-ring (bicyclic) bond motifs is 1. The van der Waals surface area contributed by atoms with Gasteiger partial charge in [-0.25, -0.2) is 14.7 Å². The van der Waals surface area contributed by atoms with Gasteiger partial charge < -0.3 is 9.64 Å². The van der Waals surface area contributed by atoms with Crippen molar-refractivity contribution < 1.29 is 19.1 Å². The zero-order chi connectivity index (χ0) is 19.0. The molecule has 27 heavy (non-hydrogen) atoms. The Hall–Kier alpha value is -3.23. The molecule has 9 nitrogen and oxygen atoms in total. The van der Waals surface area contributed by atoms with Crippen LogP contribution >= 0.6 is 0 Å². The molecule has 2 aromatic rings. The average Bonchev–Trinajstić information content (AvgIpc) is 2.95. The molecular weight excluding hydrogens is 352 g/mol. The lowest BCUT2D eigenvalue weighted by Crippen LogP contribution is -2.54. The molecule has 3 heterocycles. The minimum atomic E-state index is -0.618. The SMILES string of the molecule is O=C(CCn1cnc2ccccc2c1=O)N1CC(CN2C(=O)COC2=O)C1. The molecular formula is C18H18N4O5. The van der Waals surface area contributed by atoms with Crippen molar-refractivity contribution in [3.63, 3.8) is 0 Å². The summed E-state index contributed by atoms with van der Waals surface area (Å²) in [5.74, 6) is -0.344. The smallest absolute Gasteiger partial charge is 0.417 e. The second kappa shape index (κ2) is 6.82. The molecule has 0 spiro atoms. The van der Waals surface area contributed by atoms with Crippen LogP contribution in [0.15, 0.2) is 35.4 Å². The normalized spacial score (nSPS) is 17.3. The Kier molecular flexibility index (Phi) is 4.35. The van der Waals surface area contributed by atoms with Crippen LogP contribution in [0.25, 0.3) is 10.9 Å². The zero-order valence-electron chi connectivity index (χ0n) is 14.5. The number of aryl methyl sites for hydroxylation is 1. The van der Waals surface area contributed by atoms with E-state index in [0.29, 0.717) is 24.0 Å². The third-order valence-electron chi connectivity index (χ3n) is 4.89. The molecule has 0 saturated carbocycles. The number of carbonyl (C=O) groups is 3. The summed E-state index contributed by atoms with van der Waals surface area (Å²) in [5.41, 5.74) is 0.464. The first kappa shape index (κ1) is 17.2. The van der Waals surface area contributed by atoms with Crippen molar-refractivity contribution in [2.45, 2.75) is 13.0 Å². The minimum absolute atomic E-state index is 0.0635. The zero-order valence-corrected chi connectivity index (χ0v) is 14.5. The van der Waals surface area contributed by atoms with Gasteiger partial charge in [0, 0.05) is 38.5 Å². The maximum atomic E-state index is 12.4. The molecule has 2 aliphatic heterocycles. The highest BCUT2D eigenvalue weighted by Gasteiger charge is 2.38. The third kappa shape index (κ3) is 3.27. The van der Waals surface area contributed by atoms with Gasteiger partial charge in [-0.3, -0.25) is 19.0 Å². The van der Waals surface area contributed by atoms with Gasteiger partial charge in [0.15, 0.2) is 6.61 Å². The number of rotatable bonds is 5. The number of imide groups is 1. The van der Waals surface area contributed by atoms with E-state index < -0.39 is 6.09 Å². The van der Waals surface area contributed by atoms with Crippen LogP contribution in [0.1, 0.15) is 6.42 Å². The Bertz CT molecular complexity index is 963. The fourth-order valence-corrected chi connectivity index (χ4v) is 3.34. The molecule has 0 N–H and O–H groups in total. The molecule has 1 aromatic carbocycles. The number of aromatic nitrogens is 2. The molecule has 1 aromatic heterocycles. The van der Waals surface area contributed by atoms with Crippen LogP contribution in [0.5, 0.6) is 0 Å². The van der Waals surface area contributed by atoms with Crippen molar-refractivity contribution in [3.8, 4) is 0 Å². The third-order valence-corrected chi connectivity index (χ3v) is 4.89. The standard InChI is InChI=1S/C18H18N4O5/c23-15(21-7-12(8-21)9-22-16(24)10-27-18(22)26)5-6-20-11-19-14-4-2-1-3-13(14)17(20)25/h1-4,11-12H,5-10H2. The lowest BCUT2D eigenvalue weighted by molar-refractivity contribution is -0.138. The maximum absolute atomic E-state index is 12.4. The topological polar surface area (TPSA) is 102 Å². The second-order valence-corrected chi connectivity index (χ2v) is 6.73. The summed E-state index contributed by atoms with van der Waals surface area (Å²) in [6.07, 6.45) is 1.03. The molecule has 2 saturated heterocycles. The van der Waals surface area contributed by atoms with Crippen molar-refractivity contribution >= 4 is 28.8 Å². The fourth-order valence-electron chi connectivity index (χ4n) is 3.34. The number of benzene rings is 1. The van der Waals surface area contributed by atoms with Gasteiger partial charge in [0.25, 0.3) is 11.5 Å². The van der Waals surface area contributed by atoms with Gasteiger partial charge in [-0.15, -0.1) is 0 Å². The number of ether oxygens (including phenoxy) is 1. The number of cyclic esters (lactones) is 1. The van der Waals surface area contributed by atoms with Crippen LogP contribution in [0.2, 0.25) is 0 Å². The first-order valence-electron chi connectivity index (χ1n) is 8.72. The quantitative estimate of drug-likeness (QED) is 0.746. The summed E-state index contributed by atoms with van der Waals surface area (Å²) in [6, 6.07) is 7.08. The van der Waals surface area contributed by atoms with Gasteiger partial charge in [-0.2, -0.15) is 0 Å². The Morgan fingerprint density at radius 1 is 1.19 bits per heavy atom. The number of hydrogen-bond acceptors (Lipinski definition) is 6. The second-order valence-electron chi connectivity index (χ2n) is 6.73. The van der Waals surface area contributed by atoms with Gasteiger partial charge in [0.2, 0.25) is 5.91 Å². The minimum Gasteiger partial charge on any atom is -0.439 e. The van der Waals surface area contributed by atoms with E-state index in [0.717, 1.165) is 4.90 Å². The number of nitrogens with zero attached hydrogens (tertiary/aromatic N) is 4. The summed E-state index contributed by atoms with van der Waals surface area (Å²) in [7, 11) is 0. The molecule has 3 amide bonds. The highest BCUT2D eigenvalue weighted by molar-refractivity contribution is 5.97. The number of carbonyl (C=O) groups excluding carboxylic acids is 3. The molecule has 0 atom stereocenters. The molecule has 0 aliphatic carbocycles. The van der Waals surface area contributed by atoms with E-state index in [9.17, 15) is 19.2 Å². The summed E-state index contributed by atoms with van der Waals surface area (Å²) in [6.45, 7) is 1.30. The number of hydrogen-bond donors (Lipinski definition) is 0. The summed E-state index contributed by atoms with van der Waals surface area (Å²) in [5, 5.41) is 0.527. The fraction of sp³-hybridized carbons (Fsp3) is 0.389. The molecule has 2 aliphatic rings. The molecule has 2 fully saturated rings. The maximum Gasteiger partial charge on any atom is 0.417 e. The van der Waals surface area contributed by atoms with Gasteiger partial charge in [0.1, 0.15) is 0 Å². The van der Waals surface area contributed by atoms with Crippen molar-refractivity contribution in [2.24, 2.45) is 5.92 Å². The number of amides is 3. The predicted molar refractivity (Wildman–Crippen MR) is 93.8 cm³/mol. The van der Waals surface area contributed by atoms with E-state index in [2.05, 4.69) is 9.72 Å². The van der Waals surface area contributed by atoms with Gasteiger partial charge >= 0.3 is 6.09 Å². The Morgan fingerprint density at radius 3 is 2.70 bits per heavy atom. The first-order valence-corrected chi connectivity index (χ1v) is 8.72. The van der Waals surface area contributed by atoms with E-state index in [4.69, 9.17) is 0 Å². The Balaban J connectivity index is 1.30. The largest absolute Gasteiger partial charge is 0.439 e. The Labute approximate surface area is 154 Å². The lowest BCUT2D eigenvalue weighted by atomic mass is 9.99. The van der Waals surface area contributed by atoms with Crippen LogP contribution in [-0.2, 0) is 20.9 Å². The molecule has 0 bridgehead atoms. The van der Waals surface area contributed by atoms with E-state index in [1.165, 1.54) is 10.9 Å². The van der Waals surface area contributed by atoms with Crippen LogP contribution in [0.3, 0.4) is 0 Å². The van der Waals surface area contributed by atoms with Crippen LogP contribution in [0, 0.1) is 5.92 Å². The molecule has 9 heteroatoms. The molecule has 140 valence electrons. The van der Waals surface area contributed by atoms with E-state index in [1.807, 2.05) is 6.07 Å². The van der Waals surface area contributed by atoms with Crippen LogP contribution < -0.4 is 5.56 Å². The monoisotopic (exact) mass is 370 g/mol. The summed E-state index contributed by atoms with van der Waals surface area (Å²) in [4.78, 5) is 54.7. The van der Waals surface area contributed by atoms with Gasteiger partial charge in [-0.05, 0) is 12.1 Å².